The van der Waals surface area contributed by atoms with Crippen molar-refractivity contribution in [3.8, 4) is 0 Å². The zero-order valence-corrected chi connectivity index (χ0v) is 18.4. The lowest BCUT2D eigenvalue weighted by atomic mass is 10.2. The van der Waals surface area contributed by atoms with Gasteiger partial charge in [-0.2, -0.15) is 0 Å². The monoisotopic (exact) mass is 465 g/mol. The summed E-state index contributed by atoms with van der Waals surface area (Å²) in [4.78, 5) is 0.106. The fraction of sp³-hybridized carbons (Fsp3) is 0.0500. The van der Waals surface area contributed by atoms with Gasteiger partial charge in [-0.15, -0.1) is 0 Å². The fourth-order valence-corrected chi connectivity index (χ4v) is 4.02. The van der Waals surface area contributed by atoms with Crippen molar-refractivity contribution < 1.29 is 8.42 Å². The Morgan fingerprint density at radius 1 is 0.828 bits per heavy atom. The predicted octanol–water partition coefficient (Wildman–Crippen LogP) is 5.91. The van der Waals surface area contributed by atoms with Gasteiger partial charge < -0.3 is 10.6 Å². The molecule has 0 spiro atoms. The molecule has 3 N–H and O–H groups in total. The summed E-state index contributed by atoms with van der Waals surface area (Å²) in [6.07, 6.45) is 0. The highest BCUT2D eigenvalue weighted by atomic mass is 35.5. The van der Waals surface area contributed by atoms with E-state index in [0.29, 0.717) is 26.5 Å². The van der Waals surface area contributed by atoms with E-state index in [1.165, 1.54) is 12.1 Å². The number of sulfonamides is 1. The van der Waals surface area contributed by atoms with Crippen molar-refractivity contribution in [1.82, 2.24) is 0 Å². The minimum absolute atomic E-state index is 0.106. The van der Waals surface area contributed by atoms with Crippen LogP contribution in [0.25, 0.3) is 0 Å². The minimum Gasteiger partial charge on any atom is -0.332 e. The molecule has 3 aromatic rings. The van der Waals surface area contributed by atoms with E-state index in [9.17, 15) is 8.42 Å². The van der Waals surface area contributed by atoms with Gasteiger partial charge in [0.15, 0.2) is 5.11 Å². The van der Waals surface area contributed by atoms with Crippen LogP contribution in [0.1, 0.15) is 5.56 Å². The average Bonchev–Trinajstić information content (AvgIpc) is 2.67. The van der Waals surface area contributed by atoms with Crippen LogP contribution in [-0.4, -0.2) is 13.5 Å². The van der Waals surface area contributed by atoms with Crippen LogP contribution in [0, 0.1) is 6.92 Å². The third-order valence-corrected chi connectivity index (χ3v) is 6.05. The highest BCUT2D eigenvalue weighted by Gasteiger charge is 2.16. The molecular formula is C20H17Cl2N3O2S2. The number of anilines is 3. The summed E-state index contributed by atoms with van der Waals surface area (Å²) >= 11 is 17.1. The maximum atomic E-state index is 12.7. The molecule has 0 aliphatic rings. The molecule has 9 heteroatoms. The van der Waals surface area contributed by atoms with Crippen molar-refractivity contribution in [2.45, 2.75) is 11.8 Å². The van der Waals surface area contributed by atoms with Crippen LogP contribution in [0.2, 0.25) is 10.0 Å². The first kappa shape index (κ1) is 21.4. The Kier molecular flexibility index (Phi) is 6.64. The lowest BCUT2D eigenvalue weighted by Crippen LogP contribution is -2.20. The Hall–Kier alpha value is -2.32. The van der Waals surface area contributed by atoms with E-state index in [1.54, 1.807) is 54.6 Å². The number of hydrogen-bond acceptors (Lipinski definition) is 3. The number of hydrogen-bond donors (Lipinski definition) is 3. The van der Waals surface area contributed by atoms with E-state index < -0.39 is 10.0 Å². The largest absolute Gasteiger partial charge is 0.332 e. The van der Waals surface area contributed by atoms with Crippen molar-refractivity contribution in [3.05, 3.63) is 82.3 Å². The van der Waals surface area contributed by atoms with E-state index >= 15 is 0 Å². The zero-order valence-electron chi connectivity index (χ0n) is 15.2. The first-order valence-electron chi connectivity index (χ1n) is 8.45. The molecule has 0 heterocycles. The van der Waals surface area contributed by atoms with Crippen molar-refractivity contribution >= 4 is 67.6 Å². The van der Waals surface area contributed by atoms with Gasteiger partial charge >= 0.3 is 0 Å². The number of thiocarbonyl (C=S) groups is 1. The Bertz CT molecular complexity index is 1130. The third kappa shape index (κ3) is 5.83. The Balaban J connectivity index is 1.77. The van der Waals surface area contributed by atoms with Gasteiger partial charge in [0, 0.05) is 27.1 Å². The van der Waals surface area contributed by atoms with E-state index in [0.717, 1.165) is 11.3 Å². The lowest BCUT2D eigenvalue weighted by Gasteiger charge is -2.15. The molecule has 0 aliphatic heterocycles. The highest BCUT2D eigenvalue weighted by Crippen LogP contribution is 2.24. The second-order valence-electron chi connectivity index (χ2n) is 6.18. The SMILES string of the molecule is Cc1ccc(S(=O)(=O)Nc2ccc(Cl)cc2)cc1NC(=S)Nc1ccc(Cl)cc1. The summed E-state index contributed by atoms with van der Waals surface area (Å²) in [5, 5.41) is 7.54. The summed E-state index contributed by atoms with van der Waals surface area (Å²) in [7, 11) is -3.78. The second kappa shape index (κ2) is 9.00. The Morgan fingerprint density at radius 2 is 1.38 bits per heavy atom. The molecule has 3 rings (SSSR count). The Labute approximate surface area is 185 Å². The quantitative estimate of drug-likeness (QED) is 0.408. The molecular weight excluding hydrogens is 449 g/mol. The summed E-state index contributed by atoms with van der Waals surface area (Å²) in [5.74, 6) is 0. The Morgan fingerprint density at radius 3 is 1.97 bits per heavy atom. The smallest absolute Gasteiger partial charge is 0.261 e. The van der Waals surface area contributed by atoms with Gasteiger partial charge in [0.05, 0.1) is 4.90 Å². The highest BCUT2D eigenvalue weighted by molar-refractivity contribution is 7.92. The van der Waals surface area contributed by atoms with Crippen molar-refractivity contribution in [2.24, 2.45) is 0 Å². The van der Waals surface area contributed by atoms with Crippen molar-refractivity contribution in [1.29, 1.82) is 0 Å². The number of rotatable bonds is 5. The van der Waals surface area contributed by atoms with E-state index in [4.69, 9.17) is 35.4 Å². The predicted molar refractivity (Wildman–Crippen MR) is 125 cm³/mol. The number of nitrogens with one attached hydrogen (secondary N) is 3. The van der Waals surface area contributed by atoms with Crippen molar-refractivity contribution in [3.63, 3.8) is 0 Å². The second-order valence-corrected chi connectivity index (χ2v) is 9.14. The normalized spacial score (nSPS) is 11.0. The summed E-state index contributed by atoms with van der Waals surface area (Å²) in [6.45, 7) is 1.86. The summed E-state index contributed by atoms with van der Waals surface area (Å²) in [5.41, 5.74) is 2.60. The molecule has 0 radical (unpaired) electrons. The number of benzene rings is 3. The van der Waals surface area contributed by atoms with Crippen LogP contribution >= 0.6 is 35.4 Å². The molecule has 3 aromatic carbocycles. The molecule has 5 nitrogen and oxygen atoms in total. The molecule has 0 aliphatic carbocycles. The van der Waals surface area contributed by atoms with Gasteiger partial charge in [-0.05, 0) is 85.4 Å². The van der Waals surface area contributed by atoms with Crippen molar-refractivity contribution in [2.75, 3.05) is 15.4 Å². The summed E-state index contributed by atoms with van der Waals surface area (Å²) in [6, 6.07) is 18.3. The molecule has 0 saturated carbocycles. The summed E-state index contributed by atoms with van der Waals surface area (Å²) < 4.78 is 28.0. The van der Waals surface area contributed by atoms with Gasteiger partial charge in [-0.3, -0.25) is 4.72 Å². The van der Waals surface area contributed by atoms with Crippen LogP contribution in [0.3, 0.4) is 0 Å². The third-order valence-electron chi connectivity index (χ3n) is 3.97. The van der Waals surface area contributed by atoms with Gasteiger partial charge in [-0.1, -0.05) is 29.3 Å². The van der Waals surface area contributed by atoms with Crippen LogP contribution in [0.4, 0.5) is 17.1 Å². The van der Waals surface area contributed by atoms with Crippen LogP contribution in [-0.2, 0) is 10.0 Å². The molecule has 29 heavy (non-hydrogen) atoms. The fourth-order valence-electron chi connectivity index (χ4n) is 2.45. The molecule has 0 fully saturated rings. The molecule has 0 bridgehead atoms. The first-order chi connectivity index (χ1) is 13.7. The van der Waals surface area contributed by atoms with Crippen LogP contribution in [0.15, 0.2) is 71.6 Å². The number of halogens is 2. The molecule has 0 aromatic heterocycles. The number of aryl methyl sites for hydroxylation is 1. The van der Waals surface area contributed by atoms with E-state index in [1.807, 2.05) is 6.92 Å². The van der Waals surface area contributed by atoms with Gasteiger partial charge in [0.25, 0.3) is 10.0 Å². The molecule has 0 atom stereocenters. The molecule has 0 amide bonds. The topological polar surface area (TPSA) is 70.2 Å². The van der Waals surface area contributed by atoms with Crippen LogP contribution < -0.4 is 15.4 Å². The van der Waals surface area contributed by atoms with Crippen LogP contribution in [0.5, 0.6) is 0 Å². The maximum Gasteiger partial charge on any atom is 0.261 e. The lowest BCUT2D eigenvalue weighted by molar-refractivity contribution is 0.601. The van der Waals surface area contributed by atoms with E-state index in [-0.39, 0.29) is 4.90 Å². The van der Waals surface area contributed by atoms with Gasteiger partial charge in [0.1, 0.15) is 0 Å². The van der Waals surface area contributed by atoms with E-state index in [2.05, 4.69) is 15.4 Å². The maximum absolute atomic E-state index is 12.7. The molecule has 0 saturated heterocycles. The minimum atomic E-state index is -3.78. The standard InChI is InChI=1S/C20H17Cl2N3O2S2/c1-13-2-11-18(29(26,27)25-17-9-5-15(22)6-10-17)12-19(13)24-20(28)23-16-7-3-14(21)4-8-16/h2-12,25H,1H3,(H2,23,24,28). The average molecular weight is 466 g/mol. The van der Waals surface area contributed by atoms with Gasteiger partial charge in [-0.25, -0.2) is 8.42 Å². The molecule has 0 unspecified atom stereocenters. The molecule has 150 valence electrons. The first-order valence-corrected chi connectivity index (χ1v) is 11.1. The van der Waals surface area contributed by atoms with Gasteiger partial charge in [0.2, 0.25) is 0 Å². The zero-order chi connectivity index (χ0) is 21.0.